The molecule has 3 rings (SSSR count). The fourth-order valence-electron chi connectivity index (χ4n) is 2.45. The van der Waals surface area contributed by atoms with Crippen LogP contribution < -0.4 is 4.74 Å². The van der Waals surface area contributed by atoms with Crippen molar-refractivity contribution >= 4 is 28.9 Å². The summed E-state index contributed by atoms with van der Waals surface area (Å²) >= 11 is 7.48. The van der Waals surface area contributed by atoms with Gasteiger partial charge in [-0.05, 0) is 31.2 Å². The van der Waals surface area contributed by atoms with Gasteiger partial charge in [-0.2, -0.15) is 0 Å². The number of carbonyl (C=O) groups is 1. The van der Waals surface area contributed by atoms with E-state index < -0.39 is 5.97 Å². The molecule has 0 spiro atoms. The van der Waals surface area contributed by atoms with Crippen molar-refractivity contribution in [3.05, 3.63) is 80.5 Å². The summed E-state index contributed by atoms with van der Waals surface area (Å²) in [7, 11) is 0. The maximum absolute atomic E-state index is 13.8. The molecule has 0 unspecified atom stereocenters. The van der Waals surface area contributed by atoms with Gasteiger partial charge in [-0.1, -0.05) is 29.8 Å². The molecule has 0 saturated heterocycles. The van der Waals surface area contributed by atoms with Crippen LogP contribution in [0.25, 0.3) is 0 Å². The van der Waals surface area contributed by atoms with Crippen LogP contribution in [0, 0.1) is 5.82 Å². The Balaban J connectivity index is 1.76. The number of esters is 1. The van der Waals surface area contributed by atoms with Gasteiger partial charge in [-0.25, -0.2) is 14.2 Å². The molecule has 7 heteroatoms. The summed E-state index contributed by atoms with van der Waals surface area (Å²) in [5, 5.41) is 2.96. The number of aromatic nitrogens is 1. The number of benzene rings is 2. The van der Waals surface area contributed by atoms with Crippen molar-refractivity contribution in [2.75, 3.05) is 6.61 Å². The molecular weight excluding hydrogens is 389 g/mol. The Bertz CT molecular complexity index is 944. The molecule has 3 aromatic rings. The number of carbonyl (C=O) groups excluding carboxylic acids is 1. The third-order valence-corrected chi connectivity index (χ3v) is 4.83. The average molecular weight is 406 g/mol. The molecule has 0 N–H and O–H groups in total. The molecule has 27 heavy (non-hydrogen) atoms. The Morgan fingerprint density at radius 2 is 2.04 bits per heavy atom. The monoisotopic (exact) mass is 405 g/mol. The van der Waals surface area contributed by atoms with E-state index >= 15 is 0 Å². The first-order chi connectivity index (χ1) is 13.1. The van der Waals surface area contributed by atoms with E-state index in [4.69, 9.17) is 21.1 Å². The van der Waals surface area contributed by atoms with Crippen molar-refractivity contribution in [3.63, 3.8) is 0 Å². The minimum Gasteiger partial charge on any atom is -0.488 e. The van der Waals surface area contributed by atoms with Gasteiger partial charge in [-0.3, -0.25) is 0 Å². The molecule has 0 bridgehead atoms. The summed E-state index contributed by atoms with van der Waals surface area (Å²) in [6.45, 7) is 2.15. The molecule has 2 aromatic carbocycles. The number of ether oxygens (including phenoxy) is 2. The number of nitrogens with zero attached hydrogens (tertiary/aromatic N) is 1. The summed E-state index contributed by atoms with van der Waals surface area (Å²) in [5.41, 5.74) is 1.56. The van der Waals surface area contributed by atoms with Gasteiger partial charge in [0.1, 0.15) is 18.2 Å². The number of thiazole rings is 1. The minimum atomic E-state index is -0.442. The third-order valence-electron chi connectivity index (χ3n) is 3.74. The second-order valence-corrected chi connectivity index (χ2v) is 7.03. The Morgan fingerprint density at radius 1 is 1.22 bits per heavy atom. The Morgan fingerprint density at radius 3 is 2.81 bits per heavy atom. The number of rotatable bonds is 7. The van der Waals surface area contributed by atoms with Crippen LogP contribution in [-0.4, -0.2) is 17.6 Å². The molecule has 0 atom stereocenters. The Kier molecular flexibility index (Phi) is 6.42. The second kappa shape index (κ2) is 8.97. The van der Waals surface area contributed by atoms with Crippen molar-refractivity contribution in [2.24, 2.45) is 0 Å². The summed E-state index contributed by atoms with van der Waals surface area (Å²) in [4.78, 5) is 16.1. The lowest BCUT2D eigenvalue weighted by molar-refractivity contribution is 0.0520. The highest BCUT2D eigenvalue weighted by Crippen LogP contribution is 2.27. The molecule has 0 aliphatic rings. The fourth-order valence-corrected chi connectivity index (χ4v) is 3.43. The van der Waals surface area contributed by atoms with Crippen LogP contribution in [0.2, 0.25) is 5.02 Å². The lowest BCUT2D eigenvalue weighted by Crippen LogP contribution is -2.05. The van der Waals surface area contributed by atoms with E-state index in [1.165, 1.54) is 17.4 Å². The van der Waals surface area contributed by atoms with Crippen molar-refractivity contribution in [1.29, 1.82) is 0 Å². The molecule has 1 heterocycles. The van der Waals surface area contributed by atoms with Crippen molar-refractivity contribution < 1.29 is 18.7 Å². The van der Waals surface area contributed by atoms with Gasteiger partial charge in [0.25, 0.3) is 0 Å². The lowest BCUT2D eigenvalue weighted by atomic mass is 10.1. The smallest absolute Gasteiger partial charge is 0.357 e. The maximum atomic E-state index is 13.8. The minimum absolute atomic E-state index is 0.104. The van der Waals surface area contributed by atoms with Crippen LogP contribution in [-0.2, 0) is 17.8 Å². The van der Waals surface area contributed by atoms with Crippen molar-refractivity contribution in [2.45, 2.75) is 20.0 Å². The largest absolute Gasteiger partial charge is 0.488 e. The van der Waals surface area contributed by atoms with Gasteiger partial charge in [0.15, 0.2) is 5.69 Å². The van der Waals surface area contributed by atoms with E-state index in [1.54, 1.807) is 48.7 Å². The van der Waals surface area contributed by atoms with Crippen LogP contribution in [0.15, 0.2) is 47.8 Å². The zero-order valence-corrected chi connectivity index (χ0v) is 16.1. The number of halogens is 2. The summed E-state index contributed by atoms with van der Waals surface area (Å²) in [5.74, 6) is -0.162. The van der Waals surface area contributed by atoms with E-state index in [0.29, 0.717) is 29.4 Å². The average Bonchev–Trinajstić information content (AvgIpc) is 3.11. The van der Waals surface area contributed by atoms with Crippen LogP contribution in [0.5, 0.6) is 5.75 Å². The SMILES string of the molecule is CCOC(=O)c1csc(Cc2cc(Cl)ccc2OCc2ccccc2F)n1. The highest BCUT2D eigenvalue weighted by molar-refractivity contribution is 7.09. The van der Waals surface area contributed by atoms with E-state index in [1.807, 2.05) is 0 Å². The van der Waals surface area contributed by atoms with E-state index in [0.717, 1.165) is 10.6 Å². The van der Waals surface area contributed by atoms with E-state index in [9.17, 15) is 9.18 Å². The summed E-state index contributed by atoms with van der Waals surface area (Å²) < 4.78 is 24.6. The topological polar surface area (TPSA) is 48.4 Å². The summed E-state index contributed by atoms with van der Waals surface area (Å²) in [6, 6.07) is 11.7. The Labute approximate surface area is 165 Å². The molecule has 0 fully saturated rings. The first kappa shape index (κ1) is 19.3. The van der Waals surface area contributed by atoms with Gasteiger partial charge < -0.3 is 9.47 Å². The fraction of sp³-hybridized carbons (Fsp3) is 0.200. The standard InChI is InChI=1S/C20H17ClFNO3S/c1-2-25-20(24)17-12-27-19(23-17)10-14-9-15(21)7-8-18(14)26-11-13-5-3-4-6-16(13)22/h3-9,12H,2,10-11H2,1H3. The molecule has 0 amide bonds. The first-order valence-corrected chi connectivity index (χ1v) is 9.58. The first-order valence-electron chi connectivity index (χ1n) is 8.33. The molecular formula is C20H17ClFNO3S. The molecule has 0 saturated carbocycles. The molecule has 0 aliphatic heterocycles. The zero-order chi connectivity index (χ0) is 19.2. The van der Waals surface area contributed by atoms with Gasteiger partial charge in [0, 0.05) is 28.0 Å². The number of hydrogen-bond acceptors (Lipinski definition) is 5. The molecule has 4 nitrogen and oxygen atoms in total. The molecule has 1 aromatic heterocycles. The third kappa shape index (κ3) is 5.05. The van der Waals surface area contributed by atoms with Gasteiger partial charge in [0.2, 0.25) is 0 Å². The number of hydrogen-bond donors (Lipinski definition) is 0. The van der Waals surface area contributed by atoms with Crippen LogP contribution in [0.3, 0.4) is 0 Å². The second-order valence-electron chi connectivity index (χ2n) is 5.66. The molecule has 140 valence electrons. The molecule has 0 aliphatic carbocycles. The maximum Gasteiger partial charge on any atom is 0.357 e. The van der Waals surface area contributed by atoms with E-state index in [2.05, 4.69) is 4.98 Å². The van der Waals surface area contributed by atoms with Crippen LogP contribution in [0.1, 0.15) is 33.5 Å². The zero-order valence-electron chi connectivity index (χ0n) is 14.6. The quantitative estimate of drug-likeness (QED) is 0.501. The van der Waals surface area contributed by atoms with Crippen molar-refractivity contribution in [3.8, 4) is 5.75 Å². The van der Waals surface area contributed by atoms with Crippen LogP contribution >= 0.6 is 22.9 Å². The lowest BCUT2D eigenvalue weighted by Gasteiger charge is -2.12. The van der Waals surface area contributed by atoms with Gasteiger partial charge in [0.05, 0.1) is 11.6 Å². The van der Waals surface area contributed by atoms with E-state index in [-0.39, 0.29) is 18.1 Å². The predicted octanol–water partition coefficient (Wildman–Crippen LogP) is 5.28. The van der Waals surface area contributed by atoms with Gasteiger partial charge in [-0.15, -0.1) is 11.3 Å². The van der Waals surface area contributed by atoms with Gasteiger partial charge >= 0.3 is 5.97 Å². The summed E-state index contributed by atoms with van der Waals surface area (Å²) in [6.07, 6.45) is 0.442. The normalized spacial score (nSPS) is 10.6. The predicted molar refractivity (Wildman–Crippen MR) is 103 cm³/mol. The highest BCUT2D eigenvalue weighted by Gasteiger charge is 2.14. The van der Waals surface area contributed by atoms with Crippen molar-refractivity contribution in [1.82, 2.24) is 4.98 Å². The Hall–Kier alpha value is -2.44. The highest BCUT2D eigenvalue weighted by atomic mass is 35.5. The molecule has 0 radical (unpaired) electrons. The van der Waals surface area contributed by atoms with Crippen LogP contribution in [0.4, 0.5) is 4.39 Å².